The Morgan fingerprint density at radius 1 is 0.0982 bits per heavy atom. The topological polar surface area (TPSA) is 216 Å². The predicted octanol–water partition coefficient (Wildman–Crippen LogP) is 28.7. The van der Waals surface area contributed by atoms with Crippen LogP contribution in [0.3, 0.4) is 0 Å². The lowest BCUT2D eigenvalue weighted by atomic mass is 10.3. The summed E-state index contributed by atoms with van der Waals surface area (Å²) in [5.41, 5.74) is 0. The Balaban J connectivity index is 1.31. The van der Waals surface area contributed by atoms with Gasteiger partial charge in [0.15, 0.2) is 0 Å². The number of benzene rings is 14. The van der Waals surface area contributed by atoms with E-state index in [4.69, 9.17) is 94.9 Å². The van der Waals surface area contributed by atoms with E-state index >= 15 is 0 Å². The van der Waals surface area contributed by atoms with Crippen molar-refractivity contribution in [2.24, 2.45) is 31.6 Å². The first-order chi connectivity index (χ1) is 55.0. The molecule has 1 aliphatic rings. The fourth-order valence-corrected chi connectivity index (χ4v) is 31.6. The van der Waals surface area contributed by atoms with Gasteiger partial charge in [0.05, 0.1) is 0 Å². The Bertz CT molecular complexity index is 4430. The van der Waals surface area contributed by atoms with Crippen LogP contribution in [0.15, 0.2) is 456 Å². The average Bonchev–Trinajstić information content (AvgIpc) is 0.730. The van der Waals surface area contributed by atoms with Crippen molar-refractivity contribution in [3.05, 3.63) is 425 Å². The summed E-state index contributed by atoms with van der Waals surface area (Å²) in [6, 6.07) is 123. The molecule has 14 aromatic rings. The highest BCUT2D eigenvalue weighted by Gasteiger charge is 2.51. The van der Waals surface area contributed by atoms with Crippen LogP contribution in [0.5, 0.6) is 80.5 Å². The fourth-order valence-electron chi connectivity index (χ4n) is 10.4. The molecule has 0 saturated carbocycles. The second-order valence-corrected chi connectivity index (χ2v) is 38.2. The molecule has 1 heterocycles. The second kappa shape index (κ2) is 35.7. The maximum atomic E-state index is 7.74. The number of nitrogens with zero attached hydrogens (tertiary/aromatic N) is 7. The van der Waals surface area contributed by atoms with Gasteiger partial charge in [0, 0.05) is 0 Å². The first-order valence-corrected chi connectivity index (χ1v) is 45.7. The summed E-state index contributed by atoms with van der Waals surface area (Å²) in [5.74, 6) is 1.98. The van der Waals surface area contributed by atoms with E-state index in [1.54, 1.807) is 340 Å². The maximum Gasteiger partial charge on any atom is 0.460 e. The van der Waals surface area contributed by atoms with Gasteiger partial charge in [-0.1, -0.05) is 286 Å². The van der Waals surface area contributed by atoms with Gasteiger partial charge in [-0.15, -0.1) is 0 Å². The van der Waals surface area contributed by atoms with Crippen molar-refractivity contribution < 1.29 is 63.3 Å². The lowest BCUT2D eigenvalue weighted by molar-refractivity contribution is 0.447. The third-order valence-electron chi connectivity index (χ3n) is 15.1. The molecule has 0 bridgehead atoms. The molecule has 0 atom stereocenters. The molecule has 0 unspecified atom stereocenters. The van der Waals surface area contributed by atoms with Crippen molar-refractivity contribution in [1.82, 2.24) is 0 Å². The van der Waals surface area contributed by atoms with Gasteiger partial charge in [0.2, 0.25) is 0 Å². The Morgan fingerprint density at radius 2 is 0.161 bits per heavy atom. The van der Waals surface area contributed by atoms with Gasteiger partial charge in [-0.2, -0.15) is 0 Å². The summed E-state index contributed by atoms with van der Waals surface area (Å²) < 4.78 is 150. The maximum absolute atomic E-state index is 7.74. The zero-order valence-electron chi connectivity index (χ0n) is 59.4. The number of hydrogen-bond donors (Lipinski definition) is 0. The molecule has 0 saturated heterocycles. The molecule has 0 fully saturated rings. The van der Waals surface area contributed by atoms with Gasteiger partial charge < -0.3 is 63.3 Å². The van der Waals surface area contributed by atoms with Crippen molar-refractivity contribution in [3.63, 3.8) is 0 Å². The van der Waals surface area contributed by atoms with Crippen molar-refractivity contribution >= 4 is 53.6 Å². The third-order valence-corrected chi connectivity index (χ3v) is 34.1. The van der Waals surface area contributed by atoms with Crippen LogP contribution in [0.1, 0.15) is 0 Å². The molecule has 1 aliphatic heterocycles. The van der Waals surface area contributed by atoms with Gasteiger partial charge in [0.25, 0.3) is 0 Å². The quantitative estimate of drug-likeness (QED) is 0.0417. The molecule has 28 heteroatoms. The summed E-state index contributed by atoms with van der Waals surface area (Å²) in [6.07, 6.45) is 0. The van der Waals surface area contributed by atoms with Gasteiger partial charge in [-0.3, -0.25) is 0 Å². The first-order valence-electron chi connectivity index (χ1n) is 35.0. The molecule has 0 aliphatic carbocycles. The van der Waals surface area contributed by atoms with Gasteiger partial charge in [-0.05, 0) is 170 Å². The summed E-state index contributed by atoms with van der Waals surface area (Å²) in [6.45, 7) is 0. The highest BCUT2D eigenvalue weighted by molar-refractivity contribution is 7.80. The van der Waals surface area contributed by atoms with E-state index in [0.717, 1.165) is 0 Å². The Morgan fingerprint density at radius 3 is 0.223 bits per heavy atom. The van der Waals surface area contributed by atoms with E-state index < -0.39 is 53.6 Å². The van der Waals surface area contributed by atoms with Crippen LogP contribution in [-0.2, 0) is 0 Å². The van der Waals surface area contributed by atoms with Crippen LogP contribution in [-0.4, -0.2) is 0 Å². The van der Waals surface area contributed by atoms with E-state index in [9.17, 15) is 0 Å². The predicted molar refractivity (Wildman–Crippen MR) is 444 cm³/mol. The molecular weight excluding hydrogens is 1550 g/mol. The Hall–Kier alpha value is -12.1. The monoisotopic (exact) mass is 1620 g/mol. The summed E-state index contributed by atoms with van der Waals surface area (Å²) in [4.78, 5) is 0. The normalized spacial score (nSPS) is 15.2. The standard InChI is InChI=1S/C84H70N7O14P7/c1-15-43-71(44-16-1)92-106(93-72-45-17-2-18-46-72)85-107(94-73-47-19-3-20-48-73,95-74-49-21-4-22-50-74)87-109(98-77-55-27-7-28-56-77,99-78-57-29-8-30-58-78)89-111(102-81-63-35-11-36-64-81,103-82-65-37-12-38-66-82)91-112(104-83-67-39-13-40-68-83,105-84-69-41-14-42-70-84)90-110(100-79-59-31-9-32-60-79,101-80-61-33-10-34-62-80)88-108(86-106,96-75-51-23-5-24-52-75)97-76-53-25-6-26-54-76/h1-70H. The van der Waals surface area contributed by atoms with Crippen LogP contribution in [0.4, 0.5) is 0 Å². The van der Waals surface area contributed by atoms with E-state index in [1.165, 1.54) is 0 Å². The molecular formula is C84H70N7O14P7. The summed E-state index contributed by atoms with van der Waals surface area (Å²) in [5, 5.41) is 0. The Kier molecular flexibility index (Phi) is 24.0. The largest absolute Gasteiger partial charge is 0.460 e. The number of hydrogen-bond acceptors (Lipinski definition) is 21. The van der Waals surface area contributed by atoms with E-state index in [-0.39, 0.29) is 80.5 Å². The molecule has 0 amide bonds. The number of para-hydroxylation sites is 14. The van der Waals surface area contributed by atoms with Crippen molar-refractivity contribution in [2.45, 2.75) is 0 Å². The van der Waals surface area contributed by atoms with Gasteiger partial charge in [-0.25, -0.2) is 0 Å². The Labute approximate surface area is 649 Å². The van der Waals surface area contributed by atoms with E-state index in [0.29, 0.717) is 0 Å². The molecule has 15 rings (SSSR count). The molecule has 560 valence electrons. The van der Waals surface area contributed by atoms with Crippen LogP contribution >= 0.6 is 53.6 Å². The first kappa shape index (κ1) is 75.3. The second-order valence-electron chi connectivity index (χ2n) is 23.7. The van der Waals surface area contributed by atoms with Crippen molar-refractivity contribution in [1.29, 1.82) is 0 Å². The van der Waals surface area contributed by atoms with Crippen LogP contribution in [0.2, 0.25) is 0 Å². The van der Waals surface area contributed by atoms with E-state index in [2.05, 4.69) is 0 Å². The zero-order chi connectivity index (χ0) is 75.9. The van der Waals surface area contributed by atoms with Gasteiger partial charge in [0.1, 0.15) is 80.5 Å². The highest BCUT2D eigenvalue weighted by atomic mass is 31.3. The van der Waals surface area contributed by atoms with Gasteiger partial charge >= 0.3 is 53.6 Å². The molecule has 0 radical (unpaired) electrons. The van der Waals surface area contributed by atoms with E-state index in [1.807, 2.05) is 84.9 Å². The fraction of sp³-hybridized carbons (Fsp3) is 0. The lowest BCUT2D eigenvalue weighted by Gasteiger charge is -2.33. The molecule has 0 aromatic heterocycles. The zero-order valence-corrected chi connectivity index (χ0v) is 65.7. The van der Waals surface area contributed by atoms with Crippen molar-refractivity contribution in [3.8, 4) is 80.5 Å². The molecule has 0 N–H and O–H groups in total. The van der Waals surface area contributed by atoms with Crippen LogP contribution < -0.4 is 63.3 Å². The summed E-state index contributed by atoms with van der Waals surface area (Å²) in [7, 11) is -36.9. The van der Waals surface area contributed by atoms with Crippen LogP contribution in [0.25, 0.3) is 0 Å². The molecule has 0 spiro atoms. The molecule has 14 aromatic carbocycles. The number of rotatable bonds is 28. The lowest BCUT2D eigenvalue weighted by Crippen LogP contribution is -2.11. The minimum absolute atomic E-state index is 0.141. The minimum atomic E-state index is -5.27. The summed E-state index contributed by atoms with van der Waals surface area (Å²) >= 11 is 0. The van der Waals surface area contributed by atoms with Crippen molar-refractivity contribution in [2.75, 3.05) is 0 Å². The SMILES string of the molecule is c1ccc(OP2(Oc3ccccc3)=NP(Oc3ccccc3)(Oc3ccccc3)=NP(Oc3ccccc3)(Oc3ccccc3)=NP(Oc3ccccc3)(Oc3ccccc3)=NP(Oc3ccccc3)(Oc3ccccc3)=NP(Oc3ccccc3)(Oc3ccccc3)=NP(Oc3ccccc3)(Oc3ccccc3)=N2)cc1. The molecule has 112 heavy (non-hydrogen) atoms. The third kappa shape index (κ3) is 20.5. The van der Waals surface area contributed by atoms with Crippen LogP contribution in [0, 0.1) is 0 Å². The average molecular weight is 1620 g/mol. The molecule has 21 nitrogen and oxygen atoms in total. The smallest absolute Gasteiger partial charge is 0.413 e. The highest BCUT2D eigenvalue weighted by Crippen LogP contribution is 2.81. The minimum Gasteiger partial charge on any atom is -0.413 e.